The van der Waals surface area contributed by atoms with Crippen LogP contribution in [0.15, 0.2) is 33.9 Å². The maximum Gasteiger partial charge on any atom is 0.293 e. The van der Waals surface area contributed by atoms with Gasteiger partial charge in [-0.05, 0) is 13.0 Å². The minimum Gasteiger partial charge on any atom is -0.361 e. The van der Waals surface area contributed by atoms with Crippen LogP contribution in [0.5, 0.6) is 0 Å². The molecule has 8 nitrogen and oxygen atoms in total. The minimum atomic E-state index is -0.601. The van der Waals surface area contributed by atoms with Gasteiger partial charge in [-0.2, -0.15) is 5.10 Å². The van der Waals surface area contributed by atoms with E-state index >= 15 is 0 Å². The summed E-state index contributed by atoms with van der Waals surface area (Å²) in [5.74, 6) is -0.0518. The van der Waals surface area contributed by atoms with E-state index in [0.717, 1.165) is 0 Å². The molecule has 2 rings (SSSR count). The van der Waals surface area contributed by atoms with Crippen LogP contribution >= 0.6 is 11.6 Å². The maximum atomic E-state index is 11.6. The first-order chi connectivity index (χ1) is 9.97. The van der Waals surface area contributed by atoms with Gasteiger partial charge in [0.1, 0.15) is 10.8 Å². The zero-order valence-electron chi connectivity index (χ0n) is 10.7. The summed E-state index contributed by atoms with van der Waals surface area (Å²) in [6, 6.07) is 5.62. The molecule has 0 radical (unpaired) electrons. The number of hydrogen-bond donors (Lipinski definition) is 1. The molecular formula is C12H9ClN4O4. The number of hydrazone groups is 1. The largest absolute Gasteiger partial charge is 0.361 e. The molecule has 0 fully saturated rings. The number of carbonyl (C=O) groups excluding carboxylic acids is 1. The summed E-state index contributed by atoms with van der Waals surface area (Å²) < 4.78 is 4.75. The summed E-state index contributed by atoms with van der Waals surface area (Å²) in [5, 5.41) is 18.0. The van der Waals surface area contributed by atoms with E-state index < -0.39 is 10.8 Å². The lowest BCUT2D eigenvalue weighted by Gasteiger charge is -1.97. The molecule has 0 aliphatic heterocycles. The third-order valence-electron chi connectivity index (χ3n) is 2.41. The van der Waals surface area contributed by atoms with E-state index in [1.807, 2.05) is 0 Å². The van der Waals surface area contributed by atoms with Gasteiger partial charge in [0.15, 0.2) is 5.69 Å². The molecule has 21 heavy (non-hydrogen) atoms. The topological polar surface area (TPSA) is 111 Å². The van der Waals surface area contributed by atoms with E-state index in [1.165, 1.54) is 30.5 Å². The average Bonchev–Trinajstić information content (AvgIpc) is 2.87. The van der Waals surface area contributed by atoms with Crippen molar-refractivity contribution in [2.45, 2.75) is 6.92 Å². The molecule has 0 aliphatic carbocycles. The molecule has 0 spiro atoms. The minimum absolute atomic E-state index is 0.0271. The molecule has 0 saturated carbocycles. The number of aryl methyl sites for hydroxylation is 1. The van der Waals surface area contributed by atoms with E-state index in [2.05, 4.69) is 15.7 Å². The molecule has 9 heteroatoms. The van der Waals surface area contributed by atoms with Crippen molar-refractivity contribution in [1.82, 2.24) is 10.6 Å². The third-order valence-corrected chi connectivity index (χ3v) is 2.73. The van der Waals surface area contributed by atoms with Crippen LogP contribution in [-0.4, -0.2) is 22.2 Å². The Balaban J connectivity index is 2.06. The van der Waals surface area contributed by atoms with Crippen LogP contribution in [0.4, 0.5) is 5.69 Å². The lowest BCUT2D eigenvalue weighted by molar-refractivity contribution is -0.384. The SMILES string of the molecule is Cc1cc(C(=O)N/N=C\c2ccc(Cl)c([N+](=O)[O-])c2)no1. The Morgan fingerprint density at radius 3 is 2.90 bits per heavy atom. The van der Waals surface area contributed by atoms with Crippen LogP contribution in [0.1, 0.15) is 21.8 Å². The standard InChI is InChI=1S/C12H9ClN4O4/c1-7-4-10(16-21-7)12(18)15-14-6-8-2-3-9(13)11(5-8)17(19)20/h2-6H,1H3,(H,15,18)/b14-6-. The Bertz CT molecular complexity index is 726. The number of carbonyl (C=O) groups is 1. The normalized spacial score (nSPS) is 10.8. The van der Waals surface area contributed by atoms with E-state index in [1.54, 1.807) is 6.92 Å². The van der Waals surface area contributed by atoms with Crippen molar-refractivity contribution in [3.8, 4) is 0 Å². The number of rotatable bonds is 4. The number of aromatic nitrogens is 1. The number of nitrogens with zero attached hydrogens (tertiary/aromatic N) is 3. The van der Waals surface area contributed by atoms with Gasteiger partial charge in [0, 0.05) is 17.7 Å². The highest BCUT2D eigenvalue weighted by Crippen LogP contribution is 2.24. The van der Waals surface area contributed by atoms with Gasteiger partial charge in [-0.1, -0.05) is 22.8 Å². The number of benzene rings is 1. The summed E-state index contributed by atoms with van der Waals surface area (Å²) in [7, 11) is 0. The number of nitro benzene ring substituents is 1. The summed E-state index contributed by atoms with van der Waals surface area (Å²) in [5.41, 5.74) is 2.50. The van der Waals surface area contributed by atoms with Crippen molar-refractivity contribution in [3.05, 3.63) is 56.4 Å². The summed E-state index contributed by atoms with van der Waals surface area (Å²) >= 11 is 5.68. The smallest absolute Gasteiger partial charge is 0.293 e. The summed E-state index contributed by atoms with van der Waals surface area (Å²) in [6.45, 7) is 1.65. The number of amides is 1. The van der Waals surface area contributed by atoms with Crippen LogP contribution < -0.4 is 5.43 Å². The fourth-order valence-corrected chi connectivity index (χ4v) is 1.63. The molecule has 0 atom stereocenters. The van der Waals surface area contributed by atoms with Crippen molar-refractivity contribution in [1.29, 1.82) is 0 Å². The first-order valence-corrected chi connectivity index (χ1v) is 6.06. The van der Waals surface area contributed by atoms with Crippen molar-refractivity contribution < 1.29 is 14.2 Å². The predicted octanol–water partition coefficient (Wildman–Crippen LogP) is 2.31. The van der Waals surface area contributed by atoms with Crippen LogP contribution in [0.25, 0.3) is 0 Å². The van der Waals surface area contributed by atoms with Crippen molar-refractivity contribution in [2.24, 2.45) is 5.10 Å². The molecule has 0 bridgehead atoms. The second-order valence-corrected chi connectivity index (χ2v) is 4.40. The molecule has 1 heterocycles. The first-order valence-electron chi connectivity index (χ1n) is 5.68. The summed E-state index contributed by atoms with van der Waals surface area (Å²) in [6.07, 6.45) is 1.26. The van der Waals surface area contributed by atoms with Crippen molar-refractivity contribution in [2.75, 3.05) is 0 Å². The van der Waals surface area contributed by atoms with E-state index in [9.17, 15) is 14.9 Å². The van der Waals surface area contributed by atoms with Gasteiger partial charge in [0.05, 0.1) is 11.1 Å². The fraction of sp³-hybridized carbons (Fsp3) is 0.0833. The fourth-order valence-electron chi connectivity index (χ4n) is 1.45. The Morgan fingerprint density at radius 2 is 2.29 bits per heavy atom. The van der Waals surface area contributed by atoms with Crippen molar-refractivity contribution >= 4 is 29.4 Å². The average molecular weight is 309 g/mol. The van der Waals surface area contributed by atoms with E-state index in [0.29, 0.717) is 11.3 Å². The van der Waals surface area contributed by atoms with Gasteiger partial charge in [0.2, 0.25) is 0 Å². The molecule has 1 amide bonds. The van der Waals surface area contributed by atoms with Crippen LogP contribution in [0.2, 0.25) is 5.02 Å². The lowest BCUT2D eigenvalue weighted by atomic mass is 10.2. The Labute approximate surface area is 123 Å². The lowest BCUT2D eigenvalue weighted by Crippen LogP contribution is -2.17. The molecular weight excluding hydrogens is 300 g/mol. The van der Waals surface area contributed by atoms with Gasteiger partial charge in [-0.3, -0.25) is 14.9 Å². The molecule has 0 saturated heterocycles. The monoisotopic (exact) mass is 308 g/mol. The number of hydrogen-bond acceptors (Lipinski definition) is 6. The van der Waals surface area contributed by atoms with Crippen LogP contribution in [-0.2, 0) is 0 Å². The highest BCUT2D eigenvalue weighted by Gasteiger charge is 2.12. The second kappa shape index (κ2) is 6.14. The molecule has 2 aromatic rings. The number of nitro groups is 1. The maximum absolute atomic E-state index is 11.6. The Hall–Kier alpha value is -2.74. The zero-order chi connectivity index (χ0) is 15.4. The van der Waals surface area contributed by atoms with Gasteiger partial charge >= 0.3 is 0 Å². The van der Waals surface area contributed by atoms with Gasteiger partial charge in [-0.15, -0.1) is 0 Å². The predicted molar refractivity (Wildman–Crippen MR) is 74.4 cm³/mol. The number of halogens is 1. The first kappa shape index (κ1) is 14.7. The molecule has 108 valence electrons. The van der Waals surface area contributed by atoms with Crippen LogP contribution in [0.3, 0.4) is 0 Å². The number of nitrogens with one attached hydrogen (secondary N) is 1. The Kier molecular flexibility index (Phi) is 4.29. The van der Waals surface area contributed by atoms with Crippen molar-refractivity contribution in [3.63, 3.8) is 0 Å². The quantitative estimate of drug-likeness (QED) is 0.529. The molecule has 1 aromatic carbocycles. The second-order valence-electron chi connectivity index (χ2n) is 3.99. The third kappa shape index (κ3) is 3.63. The van der Waals surface area contributed by atoms with E-state index in [-0.39, 0.29) is 16.4 Å². The van der Waals surface area contributed by atoms with Crippen LogP contribution in [0, 0.1) is 17.0 Å². The molecule has 0 unspecified atom stereocenters. The van der Waals surface area contributed by atoms with Gasteiger partial charge in [-0.25, -0.2) is 5.43 Å². The molecule has 1 N–H and O–H groups in total. The zero-order valence-corrected chi connectivity index (χ0v) is 11.5. The molecule has 0 aliphatic rings. The highest BCUT2D eigenvalue weighted by molar-refractivity contribution is 6.32. The van der Waals surface area contributed by atoms with E-state index in [4.69, 9.17) is 16.1 Å². The van der Waals surface area contributed by atoms with Gasteiger partial charge in [0.25, 0.3) is 11.6 Å². The Morgan fingerprint density at radius 1 is 1.52 bits per heavy atom. The highest BCUT2D eigenvalue weighted by atomic mass is 35.5. The molecule has 1 aromatic heterocycles. The summed E-state index contributed by atoms with van der Waals surface area (Å²) in [4.78, 5) is 21.7. The van der Waals surface area contributed by atoms with Gasteiger partial charge < -0.3 is 4.52 Å².